The first kappa shape index (κ1) is 22.9. The number of rotatable bonds is 5. The molecular weight excluding hydrogens is 392 g/mol. The summed E-state index contributed by atoms with van der Waals surface area (Å²) in [6, 6.07) is 0. The molecule has 0 radical (unpaired) electrons. The van der Waals surface area contributed by atoms with E-state index in [0.717, 1.165) is 6.42 Å². The Labute approximate surface area is 172 Å². The topological polar surface area (TPSA) is 58.7 Å². The zero-order chi connectivity index (χ0) is 21.1. The highest BCUT2D eigenvalue weighted by molar-refractivity contribution is 6.74. The van der Waals surface area contributed by atoms with Crippen LogP contribution in [-0.2, 0) is 28.1 Å². The molecule has 2 heterocycles. The third-order valence-corrected chi connectivity index (χ3v) is 16.4. The number of epoxide rings is 1. The Kier molecular flexibility index (Phi) is 6.05. The van der Waals surface area contributed by atoms with E-state index >= 15 is 0 Å². The zero-order valence-electron chi connectivity index (χ0n) is 19.3. The molecule has 3 aliphatic rings. The number of ether oxygens (including phenoxy) is 2. The Morgan fingerprint density at radius 1 is 0.821 bits per heavy atom. The van der Waals surface area contributed by atoms with Crippen LogP contribution in [0.5, 0.6) is 0 Å². The van der Waals surface area contributed by atoms with Crippen LogP contribution in [0.25, 0.3) is 0 Å². The Morgan fingerprint density at radius 2 is 1.39 bits per heavy atom. The normalized spacial score (nSPS) is 37.1. The lowest BCUT2D eigenvalue weighted by atomic mass is 9.84. The highest BCUT2D eigenvalue weighted by Gasteiger charge is 2.62. The van der Waals surface area contributed by atoms with Gasteiger partial charge in [0.2, 0.25) is 0 Å². The van der Waals surface area contributed by atoms with Gasteiger partial charge in [0, 0.05) is 5.92 Å². The molecule has 0 aromatic carbocycles. The maximum atomic E-state index is 6.82. The first-order valence-electron chi connectivity index (χ1n) is 10.5. The summed E-state index contributed by atoms with van der Waals surface area (Å²) in [5, 5.41) is 0.287. The molecular formula is C20H40O6Si2. The van der Waals surface area contributed by atoms with Crippen LogP contribution in [0.15, 0.2) is 0 Å². The van der Waals surface area contributed by atoms with Gasteiger partial charge in [0.1, 0.15) is 12.2 Å². The van der Waals surface area contributed by atoms with Crippen LogP contribution < -0.4 is 0 Å². The predicted molar refractivity (Wildman–Crippen MR) is 113 cm³/mol. The molecule has 28 heavy (non-hydrogen) atoms. The van der Waals surface area contributed by atoms with Crippen LogP contribution in [0.2, 0.25) is 36.3 Å². The molecule has 0 spiro atoms. The van der Waals surface area contributed by atoms with E-state index in [1.165, 1.54) is 0 Å². The number of fused-ring (bicyclic) bond motifs is 1. The SMILES string of the molecule is CC(C)(C)[Si](C)(C)O[C@@H]1[C@H]2O[C@H]2[C@H](O[Si](C)(C)C(C)(C)C)C[C@H]1C1OCOO1. The maximum Gasteiger partial charge on any atom is 0.199 e. The lowest BCUT2D eigenvalue weighted by Crippen LogP contribution is -2.55. The summed E-state index contributed by atoms with van der Waals surface area (Å²) in [4.78, 5) is 10.5. The smallest absolute Gasteiger partial charge is 0.199 e. The van der Waals surface area contributed by atoms with Gasteiger partial charge in [-0.1, -0.05) is 41.5 Å². The van der Waals surface area contributed by atoms with Crippen LogP contribution in [0, 0.1) is 5.92 Å². The van der Waals surface area contributed by atoms with Gasteiger partial charge in [-0.25, -0.2) is 9.78 Å². The molecule has 2 saturated heterocycles. The van der Waals surface area contributed by atoms with E-state index in [1.807, 2.05) is 0 Å². The molecule has 2 aliphatic heterocycles. The van der Waals surface area contributed by atoms with Crippen molar-refractivity contribution in [1.29, 1.82) is 0 Å². The minimum atomic E-state index is -1.96. The third kappa shape index (κ3) is 4.44. The summed E-state index contributed by atoms with van der Waals surface area (Å²) in [5.74, 6) is 0.0372. The van der Waals surface area contributed by atoms with E-state index in [0.29, 0.717) is 0 Å². The molecule has 3 fully saturated rings. The average Bonchev–Trinajstić information content (AvgIpc) is 3.13. The van der Waals surface area contributed by atoms with Crippen LogP contribution in [0.4, 0.5) is 0 Å². The van der Waals surface area contributed by atoms with Crippen molar-refractivity contribution in [2.24, 2.45) is 5.92 Å². The van der Waals surface area contributed by atoms with Gasteiger partial charge < -0.3 is 18.3 Å². The van der Waals surface area contributed by atoms with Gasteiger partial charge in [-0.05, 0) is 42.7 Å². The molecule has 0 aromatic rings. The Bertz CT molecular complexity index is 562. The quantitative estimate of drug-likeness (QED) is 0.353. The van der Waals surface area contributed by atoms with Crippen molar-refractivity contribution in [2.45, 2.75) is 115 Å². The second-order valence-electron chi connectivity index (χ2n) is 11.6. The minimum Gasteiger partial charge on any atom is -0.411 e. The summed E-state index contributed by atoms with van der Waals surface area (Å²) < 4.78 is 25.5. The summed E-state index contributed by atoms with van der Waals surface area (Å²) in [6.45, 7) is 22.9. The molecule has 1 saturated carbocycles. The Hall–Kier alpha value is 0.194. The van der Waals surface area contributed by atoms with E-state index in [4.69, 9.17) is 28.1 Å². The molecule has 0 amide bonds. The van der Waals surface area contributed by atoms with E-state index in [-0.39, 0.29) is 47.2 Å². The molecule has 8 heteroatoms. The lowest BCUT2D eigenvalue weighted by molar-refractivity contribution is -0.294. The second kappa shape index (κ2) is 7.41. The van der Waals surface area contributed by atoms with Crippen LogP contribution in [-0.4, -0.2) is 54.1 Å². The fourth-order valence-electron chi connectivity index (χ4n) is 3.50. The van der Waals surface area contributed by atoms with Crippen molar-refractivity contribution in [1.82, 2.24) is 0 Å². The molecule has 3 rings (SSSR count). The van der Waals surface area contributed by atoms with Gasteiger partial charge in [0.25, 0.3) is 0 Å². The Balaban J connectivity index is 1.79. The molecule has 164 valence electrons. The van der Waals surface area contributed by atoms with Crippen LogP contribution >= 0.6 is 0 Å². The van der Waals surface area contributed by atoms with Gasteiger partial charge >= 0.3 is 0 Å². The van der Waals surface area contributed by atoms with Crippen molar-refractivity contribution < 1.29 is 28.1 Å². The average molecular weight is 433 g/mol. The molecule has 0 aromatic heterocycles. The molecule has 1 unspecified atom stereocenters. The summed E-state index contributed by atoms with van der Waals surface area (Å²) >= 11 is 0. The molecule has 0 N–H and O–H groups in total. The van der Waals surface area contributed by atoms with Crippen LogP contribution in [0.1, 0.15) is 48.0 Å². The first-order chi connectivity index (χ1) is 12.6. The van der Waals surface area contributed by atoms with Gasteiger partial charge in [0.05, 0.1) is 12.2 Å². The summed E-state index contributed by atoms with van der Waals surface area (Å²) in [6.07, 6.45) is 0.559. The molecule has 6 nitrogen and oxygen atoms in total. The minimum absolute atomic E-state index is 0.0372. The highest BCUT2D eigenvalue weighted by Crippen LogP contribution is 2.50. The summed E-state index contributed by atoms with van der Waals surface area (Å²) in [5.41, 5.74) is 0. The van der Waals surface area contributed by atoms with Crippen LogP contribution in [0.3, 0.4) is 0 Å². The van der Waals surface area contributed by atoms with Crippen molar-refractivity contribution in [3.63, 3.8) is 0 Å². The van der Waals surface area contributed by atoms with Gasteiger partial charge in [-0.3, -0.25) is 0 Å². The molecule has 0 bridgehead atoms. The van der Waals surface area contributed by atoms with Gasteiger partial charge in [-0.2, -0.15) is 0 Å². The summed E-state index contributed by atoms with van der Waals surface area (Å²) in [7, 11) is -3.86. The molecule has 1 aliphatic carbocycles. The van der Waals surface area contributed by atoms with Gasteiger partial charge in [-0.15, -0.1) is 0 Å². The largest absolute Gasteiger partial charge is 0.411 e. The van der Waals surface area contributed by atoms with Crippen molar-refractivity contribution in [3.8, 4) is 0 Å². The number of hydrogen-bond acceptors (Lipinski definition) is 6. The fraction of sp³-hybridized carbons (Fsp3) is 1.00. The van der Waals surface area contributed by atoms with E-state index in [9.17, 15) is 0 Å². The van der Waals surface area contributed by atoms with E-state index in [1.54, 1.807) is 0 Å². The lowest BCUT2D eigenvalue weighted by Gasteiger charge is -2.45. The van der Waals surface area contributed by atoms with Crippen molar-refractivity contribution >= 4 is 16.6 Å². The zero-order valence-corrected chi connectivity index (χ0v) is 21.3. The van der Waals surface area contributed by atoms with Crippen molar-refractivity contribution in [2.75, 3.05) is 6.79 Å². The highest BCUT2D eigenvalue weighted by atomic mass is 28.4. The standard InChI is InChI=1S/C20H40O6Si2/c1-19(2,3)27(7,8)25-14-11-13(18-21-12-22-24-18)15(17-16(14)23-17)26-28(9,10)20(4,5)6/h13-18H,11-12H2,1-10H3/t13-,14-,15+,16+,17-,18?/m1/s1. The monoisotopic (exact) mass is 432 g/mol. The number of hydrogen-bond donors (Lipinski definition) is 0. The fourth-order valence-corrected chi connectivity index (χ4v) is 6.18. The first-order valence-corrected chi connectivity index (χ1v) is 16.4. The second-order valence-corrected chi connectivity index (χ2v) is 21.1. The third-order valence-electron chi connectivity index (χ3n) is 7.46. The maximum absolute atomic E-state index is 6.82. The van der Waals surface area contributed by atoms with Gasteiger partial charge in [0.15, 0.2) is 29.7 Å². The Morgan fingerprint density at radius 3 is 1.89 bits per heavy atom. The van der Waals surface area contributed by atoms with Crippen molar-refractivity contribution in [3.05, 3.63) is 0 Å². The van der Waals surface area contributed by atoms with E-state index < -0.39 is 22.9 Å². The molecule has 6 atom stereocenters. The predicted octanol–water partition coefficient (Wildman–Crippen LogP) is 4.82. The van der Waals surface area contributed by atoms with E-state index in [2.05, 4.69) is 67.7 Å².